The molecule has 0 N–H and O–H groups in total. The first-order chi connectivity index (χ1) is 11.3. The van der Waals surface area contributed by atoms with Crippen LogP contribution in [0.15, 0.2) is 59.5 Å². The van der Waals surface area contributed by atoms with Crippen LogP contribution in [0.25, 0.3) is 0 Å². The van der Waals surface area contributed by atoms with Crippen LogP contribution >= 0.6 is 0 Å². The van der Waals surface area contributed by atoms with E-state index in [-0.39, 0.29) is 17.0 Å². The van der Waals surface area contributed by atoms with Crippen molar-refractivity contribution in [2.45, 2.75) is 30.0 Å². The quantitative estimate of drug-likeness (QED) is 0.826. The van der Waals surface area contributed by atoms with E-state index in [4.69, 9.17) is 0 Å². The molecule has 7 heteroatoms. The molecule has 0 aliphatic carbocycles. The molecule has 0 aromatic heterocycles. The number of alkyl halides is 3. The van der Waals surface area contributed by atoms with Crippen LogP contribution in [0, 0.1) is 0 Å². The third-order valence-corrected chi connectivity index (χ3v) is 6.10. The maximum atomic E-state index is 13.3. The fraction of sp³-hybridized carbons (Fsp3) is 0.294. The van der Waals surface area contributed by atoms with Crippen molar-refractivity contribution in [3.05, 3.63) is 65.7 Å². The zero-order valence-corrected chi connectivity index (χ0v) is 13.5. The molecule has 1 saturated heterocycles. The Balaban J connectivity index is 2.05. The molecular weight excluding hydrogens is 339 g/mol. The molecule has 1 heterocycles. The molecule has 2 aromatic carbocycles. The summed E-state index contributed by atoms with van der Waals surface area (Å²) >= 11 is 0. The summed E-state index contributed by atoms with van der Waals surface area (Å²) in [4.78, 5) is 0.0985. The van der Waals surface area contributed by atoms with E-state index < -0.39 is 27.8 Å². The lowest BCUT2D eigenvalue weighted by molar-refractivity contribution is -0.138. The second-order valence-electron chi connectivity index (χ2n) is 5.67. The molecule has 1 atom stereocenters. The van der Waals surface area contributed by atoms with Crippen LogP contribution in [0.4, 0.5) is 13.2 Å². The Labute approximate surface area is 138 Å². The van der Waals surface area contributed by atoms with Crippen molar-refractivity contribution in [1.29, 1.82) is 0 Å². The van der Waals surface area contributed by atoms with Gasteiger partial charge in [-0.3, -0.25) is 0 Å². The van der Waals surface area contributed by atoms with Gasteiger partial charge in [0.25, 0.3) is 0 Å². The second kappa shape index (κ2) is 6.22. The second-order valence-corrected chi connectivity index (χ2v) is 7.56. The molecule has 0 spiro atoms. The van der Waals surface area contributed by atoms with Crippen molar-refractivity contribution < 1.29 is 21.6 Å². The standard InChI is InChI=1S/C17H16F3NO2S/c18-17(19,20)15-10-5-4-9-14(15)16-11-6-12-21(16)24(22,23)13-7-2-1-3-8-13/h1-5,7-10,16H,6,11-12H2. The predicted octanol–water partition coefficient (Wildman–Crippen LogP) is 4.23. The molecule has 24 heavy (non-hydrogen) atoms. The van der Waals surface area contributed by atoms with E-state index in [1.165, 1.54) is 34.6 Å². The fourth-order valence-electron chi connectivity index (χ4n) is 3.11. The van der Waals surface area contributed by atoms with Crippen molar-refractivity contribution in [1.82, 2.24) is 4.31 Å². The third-order valence-electron chi connectivity index (χ3n) is 4.18. The van der Waals surface area contributed by atoms with Crippen LogP contribution in [-0.2, 0) is 16.2 Å². The number of halogens is 3. The average molecular weight is 355 g/mol. The number of nitrogens with zero attached hydrogens (tertiary/aromatic N) is 1. The van der Waals surface area contributed by atoms with E-state index in [9.17, 15) is 21.6 Å². The largest absolute Gasteiger partial charge is 0.416 e. The van der Waals surface area contributed by atoms with Crippen molar-refractivity contribution in [2.75, 3.05) is 6.54 Å². The highest BCUT2D eigenvalue weighted by Crippen LogP contribution is 2.42. The first kappa shape index (κ1) is 17.0. The first-order valence-corrected chi connectivity index (χ1v) is 8.99. The van der Waals surface area contributed by atoms with Gasteiger partial charge in [0.1, 0.15) is 0 Å². The van der Waals surface area contributed by atoms with Gasteiger partial charge < -0.3 is 0 Å². The number of benzene rings is 2. The van der Waals surface area contributed by atoms with E-state index in [0.29, 0.717) is 12.8 Å². The van der Waals surface area contributed by atoms with Gasteiger partial charge in [-0.15, -0.1) is 0 Å². The molecule has 1 aliphatic heterocycles. The Bertz CT molecular complexity index is 819. The van der Waals surface area contributed by atoms with E-state index in [1.54, 1.807) is 18.2 Å². The molecular formula is C17H16F3NO2S. The maximum absolute atomic E-state index is 13.3. The van der Waals surface area contributed by atoms with Crippen LogP contribution in [0.1, 0.15) is 30.0 Å². The van der Waals surface area contributed by atoms with Gasteiger partial charge in [0.15, 0.2) is 0 Å². The van der Waals surface area contributed by atoms with Crippen LogP contribution in [-0.4, -0.2) is 19.3 Å². The monoisotopic (exact) mass is 355 g/mol. The topological polar surface area (TPSA) is 37.4 Å². The van der Waals surface area contributed by atoms with Crippen LogP contribution in [0.5, 0.6) is 0 Å². The molecule has 1 aliphatic rings. The van der Waals surface area contributed by atoms with Crippen LogP contribution in [0.2, 0.25) is 0 Å². The van der Waals surface area contributed by atoms with Crippen molar-refractivity contribution >= 4 is 10.0 Å². The zero-order chi connectivity index (χ0) is 17.4. The van der Waals surface area contributed by atoms with Gasteiger partial charge in [0.05, 0.1) is 16.5 Å². The Morgan fingerprint density at radius 1 is 0.958 bits per heavy atom. The summed E-state index contributed by atoms with van der Waals surface area (Å²) in [5, 5.41) is 0. The highest BCUT2D eigenvalue weighted by atomic mass is 32.2. The summed E-state index contributed by atoms with van der Waals surface area (Å²) in [6, 6.07) is 12.2. The van der Waals surface area contributed by atoms with Gasteiger partial charge in [-0.05, 0) is 36.6 Å². The lowest BCUT2D eigenvalue weighted by atomic mass is 9.99. The van der Waals surface area contributed by atoms with Gasteiger partial charge in [-0.2, -0.15) is 17.5 Å². The van der Waals surface area contributed by atoms with Crippen LogP contribution in [0.3, 0.4) is 0 Å². The number of hydrogen-bond acceptors (Lipinski definition) is 2. The maximum Gasteiger partial charge on any atom is 0.416 e. The average Bonchev–Trinajstić information content (AvgIpc) is 3.05. The Morgan fingerprint density at radius 2 is 1.58 bits per heavy atom. The summed E-state index contributed by atoms with van der Waals surface area (Å²) in [6.07, 6.45) is -3.61. The van der Waals surface area contributed by atoms with E-state index in [1.807, 2.05) is 0 Å². The number of hydrogen-bond donors (Lipinski definition) is 0. The molecule has 128 valence electrons. The predicted molar refractivity (Wildman–Crippen MR) is 83.8 cm³/mol. The summed E-state index contributed by atoms with van der Waals surface area (Å²) < 4.78 is 66.7. The molecule has 3 rings (SSSR count). The Hall–Kier alpha value is -1.86. The fourth-order valence-corrected chi connectivity index (χ4v) is 4.81. The van der Waals surface area contributed by atoms with E-state index >= 15 is 0 Å². The van der Waals surface area contributed by atoms with Crippen molar-refractivity contribution in [2.24, 2.45) is 0 Å². The summed E-state index contributed by atoms with van der Waals surface area (Å²) in [5.41, 5.74) is -0.757. The highest BCUT2D eigenvalue weighted by molar-refractivity contribution is 7.89. The van der Waals surface area contributed by atoms with Gasteiger partial charge >= 0.3 is 6.18 Å². The lowest BCUT2D eigenvalue weighted by Crippen LogP contribution is -2.31. The Kier molecular flexibility index (Phi) is 4.40. The van der Waals surface area contributed by atoms with E-state index in [2.05, 4.69) is 0 Å². The molecule has 3 nitrogen and oxygen atoms in total. The molecule has 0 saturated carbocycles. The first-order valence-electron chi connectivity index (χ1n) is 7.55. The van der Waals surface area contributed by atoms with Crippen molar-refractivity contribution in [3.63, 3.8) is 0 Å². The number of sulfonamides is 1. The summed E-state index contributed by atoms with van der Waals surface area (Å²) in [6.45, 7) is 0.216. The molecule has 0 amide bonds. The normalized spacial score (nSPS) is 19.5. The molecule has 0 radical (unpaired) electrons. The molecule has 2 aromatic rings. The summed E-state index contributed by atoms with van der Waals surface area (Å²) in [5.74, 6) is 0. The summed E-state index contributed by atoms with van der Waals surface area (Å²) in [7, 11) is -3.83. The third kappa shape index (κ3) is 3.06. The minimum absolute atomic E-state index is 0.0157. The Morgan fingerprint density at radius 3 is 2.25 bits per heavy atom. The van der Waals surface area contributed by atoms with Gasteiger partial charge in [-0.1, -0.05) is 36.4 Å². The smallest absolute Gasteiger partial charge is 0.207 e. The molecule has 1 fully saturated rings. The van der Waals surface area contributed by atoms with Crippen molar-refractivity contribution in [3.8, 4) is 0 Å². The highest BCUT2D eigenvalue weighted by Gasteiger charge is 2.41. The van der Waals surface area contributed by atoms with Crippen LogP contribution < -0.4 is 0 Å². The van der Waals surface area contributed by atoms with Gasteiger partial charge in [0, 0.05) is 6.54 Å². The molecule has 0 bridgehead atoms. The van der Waals surface area contributed by atoms with Gasteiger partial charge in [0.2, 0.25) is 10.0 Å². The minimum Gasteiger partial charge on any atom is -0.207 e. The zero-order valence-electron chi connectivity index (χ0n) is 12.7. The number of rotatable bonds is 3. The van der Waals surface area contributed by atoms with E-state index in [0.717, 1.165) is 6.07 Å². The van der Waals surface area contributed by atoms with Gasteiger partial charge in [-0.25, -0.2) is 8.42 Å². The SMILES string of the molecule is O=S(=O)(c1ccccc1)N1CCCC1c1ccccc1C(F)(F)F. The minimum atomic E-state index is -4.51. The molecule has 1 unspecified atom stereocenters. The lowest BCUT2D eigenvalue weighted by Gasteiger charge is -2.26.